The van der Waals surface area contributed by atoms with Gasteiger partial charge in [0.15, 0.2) is 0 Å². The fourth-order valence-corrected chi connectivity index (χ4v) is 1.93. The molecule has 1 aromatic heterocycles. The molecule has 1 aromatic rings. The standard InChI is InChI=1S/C13H18N2/c1-2-6-12(5-1)8-10-14-11-13-7-3-4-9-15-13/h3-5,7,9,14H,1-2,6,8,10-11H2. The third-order valence-electron chi connectivity index (χ3n) is 2.79. The van der Waals surface area contributed by atoms with E-state index in [0.717, 1.165) is 18.8 Å². The predicted molar refractivity (Wildman–Crippen MR) is 62.5 cm³/mol. The lowest BCUT2D eigenvalue weighted by Crippen LogP contribution is -2.15. The molecule has 0 saturated heterocycles. The molecule has 0 saturated carbocycles. The molecular formula is C13H18N2. The Bertz CT molecular complexity index is 317. The first-order valence-corrected chi connectivity index (χ1v) is 5.74. The lowest BCUT2D eigenvalue weighted by molar-refractivity contribution is 0.665. The highest BCUT2D eigenvalue weighted by Gasteiger charge is 2.03. The van der Waals surface area contributed by atoms with Crippen LogP contribution in [0.3, 0.4) is 0 Å². The molecule has 0 amide bonds. The van der Waals surface area contributed by atoms with Crippen molar-refractivity contribution in [3.8, 4) is 0 Å². The van der Waals surface area contributed by atoms with Crippen molar-refractivity contribution >= 4 is 0 Å². The van der Waals surface area contributed by atoms with Crippen molar-refractivity contribution in [3.05, 3.63) is 41.7 Å². The van der Waals surface area contributed by atoms with Gasteiger partial charge in [-0.1, -0.05) is 17.7 Å². The maximum Gasteiger partial charge on any atom is 0.0541 e. The fourth-order valence-electron chi connectivity index (χ4n) is 1.93. The number of aromatic nitrogens is 1. The number of nitrogens with zero attached hydrogens (tertiary/aromatic N) is 1. The van der Waals surface area contributed by atoms with Gasteiger partial charge in [-0.3, -0.25) is 4.98 Å². The molecular weight excluding hydrogens is 184 g/mol. The Morgan fingerprint density at radius 2 is 2.33 bits per heavy atom. The first-order chi connectivity index (χ1) is 7.45. The minimum absolute atomic E-state index is 0.883. The maximum absolute atomic E-state index is 4.27. The highest BCUT2D eigenvalue weighted by molar-refractivity contribution is 5.08. The smallest absolute Gasteiger partial charge is 0.0541 e. The second-order valence-corrected chi connectivity index (χ2v) is 4.00. The zero-order chi connectivity index (χ0) is 10.3. The molecule has 2 heteroatoms. The molecule has 2 nitrogen and oxygen atoms in total. The van der Waals surface area contributed by atoms with Gasteiger partial charge in [-0.05, 0) is 44.4 Å². The van der Waals surface area contributed by atoms with Gasteiger partial charge < -0.3 is 5.32 Å². The number of pyridine rings is 1. The summed E-state index contributed by atoms with van der Waals surface area (Å²) in [5.41, 5.74) is 2.75. The van der Waals surface area contributed by atoms with Crippen LogP contribution in [-0.2, 0) is 6.54 Å². The van der Waals surface area contributed by atoms with Gasteiger partial charge in [0.25, 0.3) is 0 Å². The molecule has 1 aliphatic carbocycles. The lowest BCUT2D eigenvalue weighted by atomic mass is 10.2. The summed E-state index contributed by atoms with van der Waals surface area (Å²) in [6.07, 6.45) is 9.39. The summed E-state index contributed by atoms with van der Waals surface area (Å²) in [5, 5.41) is 3.43. The summed E-state index contributed by atoms with van der Waals surface area (Å²) in [6, 6.07) is 6.04. The summed E-state index contributed by atoms with van der Waals surface area (Å²) >= 11 is 0. The molecule has 15 heavy (non-hydrogen) atoms. The topological polar surface area (TPSA) is 24.9 Å². The van der Waals surface area contributed by atoms with Gasteiger partial charge in [-0.25, -0.2) is 0 Å². The predicted octanol–water partition coefficient (Wildman–Crippen LogP) is 2.67. The Hall–Kier alpha value is -1.15. The first kappa shape index (κ1) is 10.4. The Balaban J connectivity index is 1.63. The van der Waals surface area contributed by atoms with Gasteiger partial charge in [0, 0.05) is 12.7 Å². The summed E-state index contributed by atoms with van der Waals surface area (Å²) in [6.45, 7) is 1.95. The maximum atomic E-state index is 4.27. The number of hydrogen-bond donors (Lipinski definition) is 1. The van der Waals surface area contributed by atoms with E-state index >= 15 is 0 Å². The van der Waals surface area contributed by atoms with E-state index < -0.39 is 0 Å². The monoisotopic (exact) mass is 202 g/mol. The second kappa shape index (κ2) is 5.66. The van der Waals surface area contributed by atoms with Crippen molar-refractivity contribution < 1.29 is 0 Å². The van der Waals surface area contributed by atoms with Gasteiger partial charge in [-0.2, -0.15) is 0 Å². The van der Waals surface area contributed by atoms with Crippen molar-refractivity contribution in [2.75, 3.05) is 6.54 Å². The van der Waals surface area contributed by atoms with E-state index in [-0.39, 0.29) is 0 Å². The summed E-state index contributed by atoms with van der Waals surface area (Å²) < 4.78 is 0. The van der Waals surface area contributed by atoms with E-state index in [9.17, 15) is 0 Å². The van der Waals surface area contributed by atoms with Gasteiger partial charge in [-0.15, -0.1) is 0 Å². The summed E-state index contributed by atoms with van der Waals surface area (Å²) in [4.78, 5) is 4.27. The minimum Gasteiger partial charge on any atom is -0.311 e. The molecule has 0 aliphatic heterocycles. The Labute approximate surface area is 91.4 Å². The van der Waals surface area contributed by atoms with Gasteiger partial charge in [0.2, 0.25) is 0 Å². The zero-order valence-corrected chi connectivity index (χ0v) is 9.08. The highest BCUT2D eigenvalue weighted by atomic mass is 14.9. The second-order valence-electron chi connectivity index (χ2n) is 4.00. The van der Waals surface area contributed by atoms with Crippen LogP contribution < -0.4 is 5.32 Å². The quantitative estimate of drug-likeness (QED) is 0.586. The number of rotatable bonds is 5. The van der Waals surface area contributed by atoms with Gasteiger partial charge in [0.1, 0.15) is 0 Å². The summed E-state index contributed by atoms with van der Waals surface area (Å²) in [7, 11) is 0. The van der Waals surface area contributed by atoms with Crippen LogP contribution in [0.4, 0.5) is 0 Å². The van der Waals surface area contributed by atoms with Crippen LogP contribution in [0.2, 0.25) is 0 Å². The molecule has 1 N–H and O–H groups in total. The van der Waals surface area contributed by atoms with Crippen LogP contribution in [0.5, 0.6) is 0 Å². The zero-order valence-electron chi connectivity index (χ0n) is 9.08. The van der Waals surface area contributed by atoms with Crippen LogP contribution in [0.1, 0.15) is 31.4 Å². The van der Waals surface area contributed by atoms with Crippen molar-refractivity contribution in [1.82, 2.24) is 10.3 Å². The van der Waals surface area contributed by atoms with E-state index in [2.05, 4.69) is 22.4 Å². The highest BCUT2D eigenvalue weighted by Crippen LogP contribution is 2.19. The van der Waals surface area contributed by atoms with E-state index in [4.69, 9.17) is 0 Å². The summed E-state index contributed by atoms with van der Waals surface area (Å²) in [5.74, 6) is 0. The van der Waals surface area contributed by atoms with E-state index in [0.29, 0.717) is 0 Å². The average molecular weight is 202 g/mol. The largest absolute Gasteiger partial charge is 0.311 e. The van der Waals surface area contributed by atoms with Crippen molar-refractivity contribution in [1.29, 1.82) is 0 Å². The molecule has 80 valence electrons. The number of nitrogens with one attached hydrogen (secondary N) is 1. The van der Waals surface area contributed by atoms with E-state index in [1.54, 1.807) is 5.57 Å². The van der Waals surface area contributed by atoms with E-state index in [1.165, 1.54) is 25.7 Å². The first-order valence-electron chi connectivity index (χ1n) is 5.74. The Kier molecular flexibility index (Phi) is 3.92. The van der Waals surface area contributed by atoms with Crippen LogP contribution in [0.25, 0.3) is 0 Å². The Morgan fingerprint density at radius 1 is 1.33 bits per heavy atom. The lowest BCUT2D eigenvalue weighted by Gasteiger charge is -2.04. The van der Waals surface area contributed by atoms with Crippen LogP contribution in [0, 0.1) is 0 Å². The molecule has 0 bridgehead atoms. The molecule has 0 radical (unpaired) electrons. The molecule has 0 spiro atoms. The van der Waals surface area contributed by atoms with Crippen LogP contribution in [-0.4, -0.2) is 11.5 Å². The van der Waals surface area contributed by atoms with Gasteiger partial charge in [0.05, 0.1) is 5.69 Å². The van der Waals surface area contributed by atoms with E-state index in [1.807, 2.05) is 18.3 Å². The fraction of sp³-hybridized carbons (Fsp3) is 0.462. The van der Waals surface area contributed by atoms with Crippen molar-refractivity contribution in [2.24, 2.45) is 0 Å². The molecule has 0 unspecified atom stereocenters. The number of hydrogen-bond acceptors (Lipinski definition) is 2. The third-order valence-corrected chi connectivity index (χ3v) is 2.79. The SMILES string of the molecule is C1=C(CCNCc2ccccn2)CCC1. The molecule has 2 rings (SSSR count). The minimum atomic E-state index is 0.883. The molecule has 1 aliphatic rings. The van der Waals surface area contributed by atoms with Crippen LogP contribution in [0.15, 0.2) is 36.0 Å². The molecule has 0 fully saturated rings. The molecule has 0 aromatic carbocycles. The van der Waals surface area contributed by atoms with Crippen molar-refractivity contribution in [3.63, 3.8) is 0 Å². The molecule has 0 atom stereocenters. The molecule has 1 heterocycles. The Morgan fingerprint density at radius 3 is 3.07 bits per heavy atom. The van der Waals surface area contributed by atoms with Gasteiger partial charge >= 0.3 is 0 Å². The number of allylic oxidation sites excluding steroid dienone is 1. The van der Waals surface area contributed by atoms with Crippen LogP contribution >= 0.6 is 0 Å². The normalized spacial score (nSPS) is 15.3. The van der Waals surface area contributed by atoms with Crippen molar-refractivity contribution in [2.45, 2.75) is 32.2 Å². The third kappa shape index (κ3) is 3.48. The average Bonchev–Trinajstić information content (AvgIpc) is 2.79.